The van der Waals surface area contributed by atoms with E-state index >= 15 is 0 Å². The van der Waals surface area contributed by atoms with Crippen LogP contribution in [0.5, 0.6) is 5.75 Å². The second kappa shape index (κ2) is 6.71. The molecule has 0 aliphatic heterocycles. The number of carbonyl (C=O) groups is 1. The molecular formula is C14H14BrFN2O3. The van der Waals surface area contributed by atoms with Gasteiger partial charge in [0.2, 0.25) is 5.88 Å². The lowest BCUT2D eigenvalue weighted by Crippen LogP contribution is -2.20. The topological polar surface area (TPSA) is 64.4 Å². The van der Waals surface area contributed by atoms with Crippen molar-refractivity contribution < 1.29 is 18.4 Å². The van der Waals surface area contributed by atoms with Crippen LogP contribution in [-0.2, 0) is 4.79 Å². The Morgan fingerprint density at radius 2 is 2.24 bits per heavy atom. The quantitative estimate of drug-likeness (QED) is 0.886. The number of hydrogen-bond acceptors (Lipinski definition) is 4. The fraction of sp³-hybridized carbons (Fsp3) is 0.286. The smallest absolute Gasteiger partial charge is 0.264 e. The Morgan fingerprint density at radius 1 is 1.48 bits per heavy atom. The lowest BCUT2D eigenvalue weighted by atomic mass is 10.1. The van der Waals surface area contributed by atoms with E-state index in [1.165, 1.54) is 12.1 Å². The summed E-state index contributed by atoms with van der Waals surface area (Å²) in [7, 11) is 0. The Labute approximate surface area is 129 Å². The zero-order valence-corrected chi connectivity index (χ0v) is 13.1. The van der Waals surface area contributed by atoms with E-state index < -0.39 is 11.7 Å². The Morgan fingerprint density at radius 3 is 2.86 bits per heavy atom. The molecule has 0 saturated carbocycles. The molecule has 1 aromatic heterocycles. The number of anilines is 1. The van der Waals surface area contributed by atoms with Crippen molar-refractivity contribution in [2.24, 2.45) is 0 Å². The number of nitrogens with one attached hydrogen (secondary N) is 1. The maximum absolute atomic E-state index is 13.5. The molecule has 2 rings (SSSR count). The van der Waals surface area contributed by atoms with E-state index in [4.69, 9.17) is 9.26 Å². The molecule has 21 heavy (non-hydrogen) atoms. The molecule has 5 nitrogen and oxygen atoms in total. The van der Waals surface area contributed by atoms with Gasteiger partial charge < -0.3 is 9.26 Å². The lowest BCUT2D eigenvalue weighted by Gasteiger charge is -2.06. The Hall–Kier alpha value is -1.89. The predicted octanol–water partition coefficient (Wildman–Crippen LogP) is 3.72. The minimum Gasteiger partial charge on any atom is -0.481 e. The third-order valence-corrected chi connectivity index (χ3v) is 3.13. The van der Waals surface area contributed by atoms with Crippen LogP contribution in [0.25, 0.3) is 0 Å². The average molecular weight is 357 g/mol. The molecular weight excluding hydrogens is 343 g/mol. The minimum absolute atomic E-state index is 0.00814. The summed E-state index contributed by atoms with van der Waals surface area (Å²) in [6.45, 7) is 3.60. The normalized spacial score (nSPS) is 10.7. The van der Waals surface area contributed by atoms with Gasteiger partial charge >= 0.3 is 0 Å². The minimum atomic E-state index is -0.543. The lowest BCUT2D eigenvalue weighted by molar-refractivity contribution is -0.118. The number of carbonyl (C=O) groups excluding carboxylic acids is 1. The van der Waals surface area contributed by atoms with Gasteiger partial charge in [-0.3, -0.25) is 10.1 Å². The van der Waals surface area contributed by atoms with Crippen molar-refractivity contribution in [3.8, 4) is 5.75 Å². The molecule has 0 saturated heterocycles. The monoisotopic (exact) mass is 356 g/mol. The summed E-state index contributed by atoms with van der Waals surface area (Å²) in [4.78, 5) is 11.7. The number of ether oxygens (including phenoxy) is 1. The standard InChI is InChI=1S/C14H14BrFN2O3/c1-8(2)11-6-14(21-18-11)17-13(19)7-20-12-4-3-9(15)5-10(12)16/h3-6,8H,7H2,1-2H3,(H,17,19). The zero-order valence-electron chi connectivity index (χ0n) is 11.5. The zero-order chi connectivity index (χ0) is 15.4. The van der Waals surface area contributed by atoms with Gasteiger partial charge in [0.1, 0.15) is 0 Å². The highest BCUT2D eigenvalue weighted by Crippen LogP contribution is 2.21. The predicted molar refractivity (Wildman–Crippen MR) is 78.8 cm³/mol. The first kappa shape index (κ1) is 15.5. The molecule has 0 radical (unpaired) electrons. The molecule has 0 bridgehead atoms. The van der Waals surface area contributed by atoms with Gasteiger partial charge in [0.25, 0.3) is 5.91 Å². The molecule has 7 heteroatoms. The first-order chi connectivity index (χ1) is 9.95. The van der Waals surface area contributed by atoms with Crippen molar-refractivity contribution in [3.63, 3.8) is 0 Å². The van der Waals surface area contributed by atoms with Crippen LogP contribution in [0.1, 0.15) is 25.5 Å². The first-order valence-electron chi connectivity index (χ1n) is 6.30. The fourth-order valence-electron chi connectivity index (χ4n) is 1.53. The van der Waals surface area contributed by atoms with Gasteiger partial charge in [0.05, 0.1) is 5.69 Å². The van der Waals surface area contributed by atoms with Crippen LogP contribution >= 0.6 is 15.9 Å². The number of hydrogen-bond donors (Lipinski definition) is 1. The Kier molecular flexibility index (Phi) is 4.95. The van der Waals surface area contributed by atoms with Gasteiger partial charge in [-0.1, -0.05) is 34.9 Å². The molecule has 2 aromatic rings. The Bertz CT molecular complexity index is 643. The average Bonchev–Trinajstić information content (AvgIpc) is 2.86. The SMILES string of the molecule is CC(C)c1cc(NC(=O)COc2ccc(Br)cc2F)on1. The van der Waals surface area contributed by atoms with Gasteiger partial charge in [0, 0.05) is 10.5 Å². The fourth-order valence-corrected chi connectivity index (χ4v) is 1.86. The summed E-state index contributed by atoms with van der Waals surface area (Å²) in [6.07, 6.45) is 0. The number of rotatable bonds is 5. The van der Waals surface area contributed by atoms with Crippen LogP contribution in [0.15, 0.2) is 33.3 Å². The van der Waals surface area contributed by atoms with Crippen LogP contribution in [-0.4, -0.2) is 17.7 Å². The number of amides is 1. The molecule has 0 unspecified atom stereocenters. The number of nitrogens with zero attached hydrogens (tertiary/aromatic N) is 1. The summed E-state index contributed by atoms with van der Waals surface area (Å²) in [5.74, 6) is -0.549. The maximum Gasteiger partial charge on any atom is 0.264 e. The van der Waals surface area contributed by atoms with Crippen LogP contribution in [0.2, 0.25) is 0 Å². The molecule has 0 spiro atoms. The van der Waals surface area contributed by atoms with E-state index in [0.29, 0.717) is 4.47 Å². The number of aromatic nitrogens is 1. The second-order valence-electron chi connectivity index (χ2n) is 4.68. The third-order valence-electron chi connectivity index (χ3n) is 2.64. The van der Waals surface area contributed by atoms with Gasteiger partial charge in [-0.05, 0) is 24.1 Å². The second-order valence-corrected chi connectivity index (χ2v) is 5.60. The number of benzene rings is 1. The van der Waals surface area contributed by atoms with Gasteiger partial charge in [-0.2, -0.15) is 0 Å². The first-order valence-corrected chi connectivity index (χ1v) is 7.09. The van der Waals surface area contributed by atoms with Crippen molar-refractivity contribution in [1.29, 1.82) is 0 Å². The summed E-state index contributed by atoms with van der Waals surface area (Å²) in [5.41, 5.74) is 0.741. The molecule has 0 fully saturated rings. The van der Waals surface area contributed by atoms with Crippen molar-refractivity contribution in [3.05, 3.63) is 40.2 Å². The molecule has 1 aromatic carbocycles. The largest absolute Gasteiger partial charge is 0.481 e. The highest BCUT2D eigenvalue weighted by atomic mass is 79.9. The molecule has 1 N–H and O–H groups in total. The molecule has 1 amide bonds. The van der Waals surface area contributed by atoms with Crippen LogP contribution in [0.4, 0.5) is 10.3 Å². The molecule has 0 aliphatic carbocycles. The van der Waals surface area contributed by atoms with Crippen molar-refractivity contribution in [1.82, 2.24) is 5.16 Å². The van der Waals surface area contributed by atoms with E-state index in [-0.39, 0.29) is 24.2 Å². The summed E-state index contributed by atoms with van der Waals surface area (Å²) in [6, 6.07) is 5.97. The van der Waals surface area contributed by atoms with Gasteiger partial charge in [-0.15, -0.1) is 0 Å². The van der Waals surface area contributed by atoms with Crippen LogP contribution < -0.4 is 10.1 Å². The third kappa shape index (κ3) is 4.29. The van der Waals surface area contributed by atoms with Gasteiger partial charge in [0.15, 0.2) is 18.2 Å². The highest BCUT2D eigenvalue weighted by molar-refractivity contribution is 9.10. The van der Waals surface area contributed by atoms with Crippen LogP contribution in [0.3, 0.4) is 0 Å². The summed E-state index contributed by atoms with van der Waals surface area (Å²) < 4.78 is 24.2. The summed E-state index contributed by atoms with van der Waals surface area (Å²) in [5, 5.41) is 6.31. The Balaban J connectivity index is 1.89. The highest BCUT2D eigenvalue weighted by Gasteiger charge is 2.12. The maximum atomic E-state index is 13.5. The molecule has 112 valence electrons. The summed E-state index contributed by atoms with van der Waals surface area (Å²) >= 11 is 3.14. The van der Waals surface area contributed by atoms with Crippen molar-refractivity contribution in [2.75, 3.05) is 11.9 Å². The molecule has 1 heterocycles. The van der Waals surface area contributed by atoms with E-state index in [0.717, 1.165) is 5.69 Å². The van der Waals surface area contributed by atoms with Gasteiger partial charge in [-0.25, -0.2) is 4.39 Å². The van der Waals surface area contributed by atoms with E-state index in [1.807, 2.05) is 13.8 Å². The van der Waals surface area contributed by atoms with Crippen molar-refractivity contribution in [2.45, 2.75) is 19.8 Å². The van der Waals surface area contributed by atoms with Crippen molar-refractivity contribution >= 4 is 27.7 Å². The molecule has 0 aliphatic rings. The van der Waals surface area contributed by atoms with E-state index in [2.05, 4.69) is 26.4 Å². The number of halogens is 2. The molecule has 0 atom stereocenters. The van der Waals surface area contributed by atoms with E-state index in [1.54, 1.807) is 12.1 Å². The van der Waals surface area contributed by atoms with E-state index in [9.17, 15) is 9.18 Å². The van der Waals surface area contributed by atoms with Crippen LogP contribution in [0, 0.1) is 5.82 Å².